The highest BCUT2D eigenvalue weighted by Gasteiger charge is 2.05. The third-order valence-corrected chi connectivity index (χ3v) is 4.69. The second-order valence-corrected chi connectivity index (χ2v) is 7.13. The molecule has 0 aliphatic heterocycles. The topological polar surface area (TPSA) is 70.7 Å². The Labute approximate surface area is 168 Å². The van der Waals surface area contributed by atoms with Crippen molar-refractivity contribution >= 4 is 29.4 Å². The molecule has 28 heavy (non-hydrogen) atoms. The monoisotopic (exact) mass is 388 g/mol. The van der Waals surface area contributed by atoms with E-state index in [0.29, 0.717) is 30.0 Å². The fourth-order valence-corrected chi connectivity index (χ4v) is 3.27. The number of rotatable bonds is 8. The van der Waals surface area contributed by atoms with E-state index in [2.05, 4.69) is 16.5 Å². The number of anilines is 1. The smallest absolute Gasteiger partial charge is 0.225 e. The molecule has 1 N–H and O–H groups in total. The number of amides is 1. The van der Waals surface area contributed by atoms with Crippen molar-refractivity contribution in [1.29, 1.82) is 5.26 Å². The van der Waals surface area contributed by atoms with Crippen LogP contribution in [-0.2, 0) is 11.3 Å². The minimum absolute atomic E-state index is 0.0355. The molecule has 1 heterocycles. The van der Waals surface area contributed by atoms with Gasteiger partial charge in [0.15, 0.2) is 0 Å². The Bertz CT molecular complexity index is 989. The van der Waals surface area contributed by atoms with Crippen molar-refractivity contribution in [3.8, 4) is 6.07 Å². The van der Waals surface area contributed by atoms with E-state index in [9.17, 15) is 4.79 Å². The minimum atomic E-state index is -0.0355. The molecule has 3 aromatic rings. The van der Waals surface area contributed by atoms with Crippen molar-refractivity contribution in [3.63, 3.8) is 0 Å². The summed E-state index contributed by atoms with van der Waals surface area (Å²) in [5.41, 5.74) is 3.43. The number of hydrogen-bond acceptors (Lipinski definition) is 4. The normalized spacial score (nSPS) is 10.7. The molecule has 0 bridgehead atoms. The summed E-state index contributed by atoms with van der Waals surface area (Å²) in [6.45, 7) is 0.547. The van der Waals surface area contributed by atoms with E-state index in [0.717, 1.165) is 11.1 Å². The zero-order valence-electron chi connectivity index (χ0n) is 15.3. The van der Waals surface area contributed by atoms with Crippen molar-refractivity contribution in [2.75, 3.05) is 11.1 Å². The van der Waals surface area contributed by atoms with Crippen LogP contribution >= 0.6 is 11.8 Å². The summed E-state index contributed by atoms with van der Waals surface area (Å²) in [7, 11) is 0. The van der Waals surface area contributed by atoms with E-state index in [-0.39, 0.29) is 5.91 Å². The van der Waals surface area contributed by atoms with Gasteiger partial charge in [0.1, 0.15) is 0 Å². The Balaban J connectivity index is 1.42. The summed E-state index contributed by atoms with van der Waals surface area (Å²) < 4.78 is 1.74. The van der Waals surface area contributed by atoms with E-state index in [1.165, 1.54) is 0 Å². The van der Waals surface area contributed by atoms with Gasteiger partial charge >= 0.3 is 0 Å². The van der Waals surface area contributed by atoms with Crippen LogP contribution in [0.1, 0.15) is 23.1 Å². The second-order valence-electron chi connectivity index (χ2n) is 6.12. The third-order valence-electron chi connectivity index (χ3n) is 3.92. The average molecular weight is 388 g/mol. The standard InChI is InChI=1S/C22H20N4OS/c23-14-19-7-4-8-20(13-19)16-26-17-21(15-24-26)25-22(27)10-12-28-11-9-18-5-2-1-3-6-18/h1-9,11,13,15,17H,10,12,16H2,(H,25,27)/b11-9-. The van der Waals surface area contributed by atoms with Crippen molar-refractivity contribution in [2.24, 2.45) is 0 Å². The Morgan fingerprint density at radius 3 is 2.89 bits per heavy atom. The van der Waals surface area contributed by atoms with Gasteiger partial charge in [-0.3, -0.25) is 9.48 Å². The number of aromatic nitrogens is 2. The molecule has 5 nitrogen and oxygen atoms in total. The molecule has 140 valence electrons. The first-order valence-corrected chi connectivity index (χ1v) is 9.92. The molecule has 3 rings (SSSR count). The van der Waals surface area contributed by atoms with Crippen LogP contribution in [0.25, 0.3) is 6.08 Å². The summed E-state index contributed by atoms with van der Waals surface area (Å²) in [5.74, 6) is 0.677. The summed E-state index contributed by atoms with van der Waals surface area (Å²) in [5, 5.41) is 18.1. The molecule has 0 saturated heterocycles. The van der Waals surface area contributed by atoms with Crippen molar-refractivity contribution in [3.05, 3.63) is 89.1 Å². The molecular weight excluding hydrogens is 368 g/mol. The molecule has 0 unspecified atom stereocenters. The first-order valence-electron chi connectivity index (χ1n) is 8.87. The molecule has 1 amide bonds. The Morgan fingerprint density at radius 2 is 2.07 bits per heavy atom. The highest BCUT2D eigenvalue weighted by molar-refractivity contribution is 8.02. The van der Waals surface area contributed by atoms with Gasteiger partial charge in [-0.25, -0.2) is 0 Å². The van der Waals surface area contributed by atoms with Crippen LogP contribution in [0, 0.1) is 11.3 Å². The van der Waals surface area contributed by atoms with Crippen LogP contribution in [0.15, 0.2) is 72.4 Å². The largest absolute Gasteiger partial charge is 0.323 e. The fourth-order valence-electron chi connectivity index (χ4n) is 2.57. The molecular formula is C22H20N4OS. The number of nitrogens with zero attached hydrogens (tertiary/aromatic N) is 3. The molecule has 0 radical (unpaired) electrons. The van der Waals surface area contributed by atoms with Crippen LogP contribution in [-0.4, -0.2) is 21.4 Å². The predicted octanol–water partition coefficient (Wildman–Crippen LogP) is 4.54. The Morgan fingerprint density at radius 1 is 1.21 bits per heavy atom. The van der Waals surface area contributed by atoms with E-state index in [1.54, 1.807) is 34.9 Å². The molecule has 0 fully saturated rings. The number of carbonyl (C=O) groups excluding carboxylic acids is 1. The number of nitriles is 1. The first-order chi connectivity index (χ1) is 13.7. The highest BCUT2D eigenvalue weighted by atomic mass is 32.2. The van der Waals surface area contributed by atoms with Crippen LogP contribution in [0.3, 0.4) is 0 Å². The maximum absolute atomic E-state index is 12.1. The maximum atomic E-state index is 12.1. The number of thioether (sulfide) groups is 1. The van der Waals surface area contributed by atoms with Crippen LogP contribution in [0.5, 0.6) is 0 Å². The van der Waals surface area contributed by atoms with Gasteiger partial charge in [-0.2, -0.15) is 10.4 Å². The third kappa shape index (κ3) is 6.15. The van der Waals surface area contributed by atoms with Gasteiger partial charge in [0, 0.05) is 18.4 Å². The van der Waals surface area contributed by atoms with Crippen molar-refractivity contribution in [1.82, 2.24) is 9.78 Å². The van der Waals surface area contributed by atoms with Gasteiger partial charge in [-0.05, 0) is 34.7 Å². The predicted molar refractivity (Wildman–Crippen MR) is 114 cm³/mol. The van der Waals surface area contributed by atoms with E-state index >= 15 is 0 Å². The van der Waals surface area contributed by atoms with Gasteiger partial charge < -0.3 is 5.32 Å². The summed E-state index contributed by atoms with van der Waals surface area (Å²) >= 11 is 1.61. The van der Waals surface area contributed by atoms with Gasteiger partial charge in [-0.15, -0.1) is 11.8 Å². The first kappa shape index (κ1) is 19.5. The molecule has 0 aliphatic carbocycles. The Hall–Kier alpha value is -3.30. The maximum Gasteiger partial charge on any atom is 0.225 e. The van der Waals surface area contributed by atoms with E-state index in [1.807, 2.05) is 60.0 Å². The number of nitrogens with one attached hydrogen (secondary N) is 1. The SMILES string of the molecule is N#Cc1cccc(Cn2cc(NC(=O)CCS/C=C\c3ccccc3)cn2)c1. The van der Waals surface area contributed by atoms with Crippen molar-refractivity contribution < 1.29 is 4.79 Å². The van der Waals surface area contributed by atoms with E-state index < -0.39 is 0 Å². The lowest BCUT2D eigenvalue weighted by Crippen LogP contribution is -2.11. The summed E-state index contributed by atoms with van der Waals surface area (Å²) in [4.78, 5) is 12.1. The van der Waals surface area contributed by atoms with Gasteiger partial charge in [0.25, 0.3) is 0 Å². The van der Waals surface area contributed by atoms with Gasteiger partial charge in [-0.1, -0.05) is 42.5 Å². The lowest BCUT2D eigenvalue weighted by atomic mass is 10.1. The zero-order chi connectivity index (χ0) is 19.6. The second kappa shape index (κ2) is 10.1. The van der Waals surface area contributed by atoms with Crippen LogP contribution in [0.2, 0.25) is 0 Å². The number of benzene rings is 2. The summed E-state index contributed by atoms with van der Waals surface area (Å²) in [6, 6.07) is 19.6. The lowest BCUT2D eigenvalue weighted by molar-refractivity contribution is -0.115. The van der Waals surface area contributed by atoms with Crippen LogP contribution < -0.4 is 5.32 Å². The molecule has 6 heteroatoms. The fraction of sp³-hybridized carbons (Fsp3) is 0.136. The molecule has 0 saturated carbocycles. The average Bonchev–Trinajstić information content (AvgIpc) is 3.15. The quantitative estimate of drug-likeness (QED) is 0.575. The minimum Gasteiger partial charge on any atom is -0.323 e. The zero-order valence-corrected chi connectivity index (χ0v) is 16.1. The number of carbonyl (C=O) groups is 1. The highest BCUT2D eigenvalue weighted by Crippen LogP contribution is 2.12. The Kier molecular flexibility index (Phi) is 7.05. The van der Waals surface area contributed by atoms with Gasteiger partial charge in [0.05, 0.1) is 30.1 Å². The molecule has 2 aromatic carbocycles. The summed E-state index contributed by atoms with van der Waals surface area (Å²) in [6.07, 6.45) is 5.89. The lowest BCUT2D eigenvalue weighted by Gasteiger charge is -2.03. The van der Waals surface area contributed by atoms with Crippen LogP contribution in [0.4, 0.5) is 5.69 Å². The molecule has 1 aromatic heterocycles. The van der Waals surface area contributed by atoms with E-state index in [4.69, 9.17) is 5.26 Å². The van der Waals surface area contributed by atoms with Crippen molar-refractivity contribution in [2.45, 2.75) is 13.0 Å². The molecule has 0 atom stereocenters. The molecule has 0 spiro atoms. The van der Waals surface area contributed by atoms with Gasteiger partial charge in [0.2, 0.25) is 5.91 Å². The number of hydrogen-bond donors (Lipinski definition) is 1. The molecule has 0 aliphatic rings.